The lowest BCUT2D eigenvalue weighted by molar-refractivity contribution is -0.0777. The highest BCUT2D eigenvalue weighted by Crippen LogP contribution is 2.51. The van der Waals surface area contributed by atoms with E-state index in [1.54, 1.807) is 0 Å². The van der Waals surface area contributed by atoms with Crippen LogP contribution in [0.2, 0.25) is 0 Å². The summed E-state index contributed by atoms with van der Waals surface area (Å²) >= 11 is 0. The summed E-state index contributed by atoms with van der Waals surface area (Å²) in [6.45, 7) is 17.4. The van der Waals surface area contributed by atoms with Gasteiger partial charge in [0.15, 0.2) is 0 Å². The number of epoxide rings is 4. The molecule has 6 nitrogen and oxygen atoms in total. The first kappa shape index (κ1) is 23.2. The molecule has 0 aromatic carbocycles. The van der Waals surface area contributed by atoms with Crippen molar-refractivity contribution in [3.63, 3.8) is 0 Å². The molecule has 4 saturated heterocycles. The summed E-state index contributed by atoms with van der Waals surface area (Å²) in [7, 11) is 0. The predicted octanol–water partition coefficient (Wildman–Crippen LogP) is 4.58. The van der Waals surface area contributed by atoms with Gasteiger partial charge in [0.2, 0.25) is 0 Å². The molecule has 4 heterocycles. The van der Waals surface area contributed by atoms with Crippen LogP contribution >= 0.6 is 0 Å². The third-order valence-electron chi connectivity index (χ3n) is 10.1. The zero-order valence-corrected chi connectivity index (χ0v) is 21.8. The number of nitrogens with zero attached hydrogens (tertiary/aromatic N) is 2. The molecule has 10 unspecified atom stereocenters. The van der Waals surface area contributed by atoms with Gasteiger partial charge in [-0.3, -0.25) is 0 Å². The average Bonchev–Trinajstić information content (AvgIpc) is 3.54. The molecule has 0 bridgehead atoms. The zero-order valence-electron chi connectivity index (χ0n) is 21.8. The minimum atomic E-state index is -0.0967. The Balaban J connectivity index is 1.04. The van der Waals surface area contributed by atoms with Gasteiger partial charge in [0.05, 0.1) is 26.4 Å². The lowest BCUT2D eigenvalue weighted by Gasteiger charge is -2.47. The van der Waals surface area contributed by atoms with Crippen LogP contribution in [0.4, 0.5) is 0 Å². The van der Waals surface area contributed by atoms with Crippen LogP contribution in [0.15, 0.2) is 0 Å². The summed E-state index contributed by atoms with van der Waals surface area (Å²) in [6.07, 6.45) is 9.40. The van der Waals surface area contributed by atoms with Crippen molar-refractivity contribution in [3.05, 3.63) is 0 Å². The van der Waals surface area contributed by atoms with Gasteiger partial charge in [-0.1, -0.05) is 13.8 Å². The topological polar surface area (TPSA) is 56.6 Å². The van der Waals surface area contributed by atoms with Crippen LogP contribution in [0.1, 0.15) is 86.5 Å². The number of hydrogen-bond acceptors (Lipinski definition) is 6. The minimum Gasteiger partial charge on any atom is -0.354 e. The second kappa shape index (κ2) is 7.63. The third kappa shape index (κ3) is 4.21. The largest absolute Gasteiger partial charge is 0.354 e. The van der Waals surface area contributed by atoms with Crippen LogP contribution in [0.25, 0.3) is 0 Å². The molecule has 0 amide bonds. The summed E-state index contributed by atoms with van der Waals surface area (Å²) in [5.74, 6) is 3.15. The summed E-state index contributed by atoms with van der Waals surface area (Å²) in [4.78, 5) is 5.20. The second-order valence-electron chi connectivity index (χ2n) is 13.3. The highest BCUT2D eigenvalue weighted by molar-refractivity contribution is 5.06. The smallest absolute Gasteiger partial charge is 0.145 e. The fraction of sp³-hybridized carbons (Fsp3) is 1.00. The van der Waals surface area contributed by atoms with Crippen molar-refractivity contribution in [2.45, 2.75) is 121 Å². The van der Waals surface area contributed by atoms with Gasteiger partial charge in [-0.2, -0.15) is 0 Å². The standard InChI is InChI=1S/C27H46N2O4/c1-18-11-20(7-9-22(18)28(24(3)14-30-24)25(4)15-31-25)13-21-8-10-23(19(2)12-21)29(26(5)16-32-26)27(6)17-33-27/h18-23H,7-17H2,1-6H3. The highest BCUT2D eigenvalue weighted by Gasteiger charge is 2.63. The minimum absolute atomic E-state index is 0.0967. The molecular formula is C27H46N2O4. The molecule has 0 spiro atoms. The van der Waals surface area contributed by atoms with E-state index in [0.717, 1.165) is 38.3 Å². The maximum Gasteiger partial charge on any atom is 0.145 e. The molecule has 2 saturated carbocycles. The Morgan fingerprint density at radius 3 is 1.12 bits per heavy atom. The molecule has 188 valence electrons. The predicted molar refractivity (Wildman–Crippen MR) is 126 cm³/mol. The van der Waals surface area contributed by atoms with Gasteiger partial charge in [-0.15, -0.1) is 0 Å². The summed E-state index contributed by atoms with van der Waals surface area (Å²) in [5, 5.41) is 0. The van der Waals surface area contributed by atoms with Gasteiger partial charge in [0, 0.05) is 12.1 Å². The molecule has 4 aliphatic heterocycles. The van der Waals surface area contributed by atoms with E-state index in [2.05, 4.69) is 51.3 Å². The number of ether oxygens (including phenoxy) is 4. The third-order valence-corrected chi connectivity index (χ3v) is 10.1. The van der Waals surface area contributed by atoms with Gasteiger partial charge in [0.25, 0.3) is 0 Å². The Bertz CT molecular complexity index is 659. The Kier molecular flexibility index (Phi) is 5.36. The molecule has 6 heteroatoms. The van der Waals surface area contributed by atoms with E-state index in [1.807, 2.05) is 0 Å². The quantitative estimate of drug-likeness (QED) is 0.492. The lowest BCUT2D eigenvalue weighted by atomic mass is 9.69. The highest BCUT2D eigenvalue weighted by atomic mass is 16.7. The van der Waals surface area contributed by atoms with Crippen LogP contribution in [-0.4, -0.2) is 71.2 Å². The number of rotatable bonds is 8. The van der Waals surface area contributed by atoms with Crippen molar-refractivity contribution in [2.75, 3.05) is 26.4 Å². The normalized spacial score (nSPS) is 55.6. The Hall–Kier alpha value is -0.240. The van der Waals surface area contributed by atoms with Crippen LogP contribution < -0.4 is 0 Å². The van der Waals surface area contributed by atoms with Gasteiger partial charge in [-0.25, -0.2) is 9.80 Å². The van der Waals surface area contributed by atoms with Crippen LogP contribution in [-0.2, 0) is 18.9 Å². The first-order chi connectivity index (χ1) is 15.6. The van der Waals surface area contributed by atoms with E-state index < -0.39 is 0 Å². The number of hydrogen-bond donors (Lipinski definition) is 0. The fourth-order valence-electron chi connectivity index (χ4n) is 8.03. The Labute approximate surface area is 200 Å². The SMILES string of the molecule is CC1CC(CC2CCC(N(C3(C)CO3)C3(C)CO3)C(C)C2)CCC1N(C1(C)CO1)C1(C)CO1. The van der Waals surface area contributed by atoms with Gasteiger partial charge in [0.1, 0.15) is 22.9 Å². The first-order valence-electron chi connectivity index (χ1n) is 13.7. The van der Waals surface area contributed by atoms with Crippen molar-refractivity contribution in [1.82, 2.24) is 9.80 Å². The van der Waals surface area contributed by atoms with Crippen molar-refractivity contribution < 1.29 is 18.9 Å². The van der Waals surface area contributed by atoms with Crippen molar-refractivity contribution in [3.8, 4) is 0 Å². The maximum atomic E-state index is 5.90. The van der Waals surface area contributed by atoms with E-state index in [4.69, 9.17) is 18.9 Å². The van der Waals surface area contributed by atoms with E-state index in [0.29, 0.717) is 23.9 Å². The summed E-state index contributed by atoms with van der Waals surface area (Å²) in [6, 6.07) is 1.17. The molecule has 0 N–H and O–H groups in total. The average molecular weight is 463 g/mol. The molecule has 2 aliphatic carbocycles. The summed E-state index contributed by atoms with van der Waals surface area (Å²) < 4.78 is 23.6. The molecule has 0 aromatic rings. The maximum absolute atomic E-state index is 5.90. The first-order valence-corrected chi connectivity index (χ1v) is 13.7. The molecule has 33 heavy (non-hydrogen) atoms. The zero-order chi connectivity index (χ0) is 23.2. The molecule has 6 fully saturated rings. The molecule has 0 radical (unpaired) electrons. The fourth-order valence-corrected chi connectivity index (χ4v) is 8.03. The van der Waals surface area contributed by atoms with Crippen molar-refractivity contribution >= 4 is 0 Å². The molecule has 10 atom stereocenters. The molecule has 6 aliphatic rings. The van der Waals surface area contributed by atoms with E-state index in [9.17, 15) is 0 Å². The van der Waals surface area contributed by atoms with Crippen molar-refractivity contribution in [2.24, 2.45) is 23.7 Å². The molecule has 6 rings (SSSR count). The van der Waals surface area contributed by atoms with E-state index in [1.165, 1.54) is 44.9 Å². The molecule has 0 aromatic heterocycles. The summed E-state index contributed by atoms with van der Waals surface area (Å²) in [5.41, 5.74) is -0.387. The van der Waals surface area contributed by atoms with E-state index >= 15 is 0 Å². The Morgan fingerprint density at radius 1 is 0.576 bits per heavy atom. The van der Waals surface area contributed by atoms with Gasteiger partial charge < -0.3 is 18.9 Å². The van der Waals surface area contributed by atoms with Crippen molar-refractivity contribution in [1.29, 1.82) is 0 Å². The Morgan fingerprint density at radius 2 is 0.879 bits per heavy atom. The second-order valence-corrected chi connectivity index (χ2v) is 13.3. The monoisotopic (exact) mass is 462 g/mol. The van der Waals surface area contributed by atoms with Crippen LogP contribution in [0.5, 0.6) is 0 Å². The molecular weight excluding hydrogens is 416 g/mol. The lowest BCUT2D eigenvalue weighted by Crippen LogP contribution is -2.56. The van der Waals surface area contributed by atoms with Gasteiger partial charge in [-0.05, 0) is 96.3 Å². The van der Waals surface area contributed by atoms with Crippen LogP contribution in [0, 0.1) is 23.7 Å². The van der Waals surface area contributed by atoms with E-state index in [-0.39, 0.29) is 22.9 Å². The van der Waals surface area contributed by atoms with Gasteiger partial charge >= 0.3 is 0 Å². The van der Waals surface area contributed by atoms with Crippen LogP contribution in [0.3, 0.4) is 0 Å².